The van der Waals surface area contributed by atoms with Gasteiger partial charge in [0.2, 0.25) is 0 Å². The summed E-state index contributed by atoms with van der Waals surface area (Å²) in [6, 6.07) is 2.96. The fraction of sp³-hybridized carbons (Fsp3) is 0.611. The van der Waals surface area contributed by atoms with E-state index >= 15 is 0 Å². The molecule has 0 unspecified atom stereocenters. The fourth-order valence-electron chi connectivity index (χ4n) is 2.31. The van der Waals surface area contributed by atoms with E-state index in [9.17, 15) is 9.59 Å². The zero-order valence-electron chi connectivity index (χ0n) is 17.0. The number of aromatic amines is 1. The van der Waals surface area contributed by atoms with E-state index in [4.69, 9.17) is 14.0 Å². The maximum absolute atomic E-state index is 12.0. The zero-order chi connectivity index (χ0) is 20.5. The summed E-state index contributed by atoms with van der Waals surface area (Å²) in [7, 11) is -0.668. The second-order valence-corrected chi connectivity index (χ2v) is 8.51. The molecule has 0 aliphatic carbocycles. The summed E-state index contributed by atoms with van der Waals surface area (Å²) in [5.74, 6) is 0. The number of hydrogen-bond acceptors (Lipinski definition) is 6. The van der Waals surface area contributed by atoms with Gasteiger partial charge in [0.15, 0.2) is 0 Å². The van der Waals surface area contributed by atoms with Gasteiger partial charge in [0, 0.05) is 12.6 Å². The Morgan fingerprint density at radius 3 is 2.33 bits per heavy atom. The minimum Gasteiger partial charge on any atom is -0.444 e. The van der Waals surface area contributed by atoms with Gasteiger partial charge >= 0.3 is 13.2 Å². The highest BCUT2D eigenvalue weighted by molar-refractivity contribution is 6.56. The first-order chi connectivity index (χ1) is 12.3. The minimum absolute atomic E-state index is 0.145. The van der Waals surface area contributed by atoms with Crippen molar-refractivity contribution in [2.45, 2.75) is 65.3 Å². The van der Waals surface area contributed by atoms with Gasteiger partial charge in [-0.25, -0.2) is 9.89 Å². The van der Waals surface area contributed by atoms with Crippen molar-refractivity contribution in [3.8, 4) is 0 Å². The van der Waals surface area contributed by atoms with E-state index in [-0.39, 0.29) is 12.1 Å². The largest absolute Gasteiger partial charge is 0.492 e. The summed E-state index contributed by atoms with van der Waals surface area (Å²) >= 11 is 0. The normalized spacial score (nSPS) is 19.1. The number of alkyl carbamates (subject to hydrolysis) is 1. The average molecular weight is 377 g/mol. The number of ether oxygens (including phenoxy) is 1. The summed E-state index contributed by atoms with van der Waals surface area (Å²) in [6.07, 6.45) is 1.18. The summed E-state index contributed by atoms with van der Waals surface area (Å²) in [6.45, 7) is 13.3. The summed E-state index contributed by atoms with van der Waals surface area (Å²) in [5.41, 5.74) is -0.776. The second kappa shape index (κ2) is 7.48. The number of aromatic nitrogens is 2. The Morgan fingerprint density at radius 1 is 1.26 bits per heavy atom. The van der Waals surface area contributed by atoms with Crippen molar-refractivity contribution in [1.82, 2.24) is 15.5 Å². The van der Waals surface area contributed by atoms with E-state index < -0.39 is 30.0 Å². The van der Waals surface area contributed by atoms with E-state index in [2.05, 4.69) is 15.5 Å². The number of hydrogen-bond donors (Lipinski definition) is 2. The molecule has 0 bridgehead atoms. The number of nitrogens with zero attached hydrogens (tertiary/aromatic N) is 1. The molecule has 2 N–H and O–H groups in total. The molecule has 0 radical (unpaired) electrons. The molecule has 0 saturated carbocycles. The molecule has 1 fully saturated rings. The monoisotopic (exact) mass is 377 g/mol. The third kappa shape index (κ3) is 5.67. The molecular weight excluding hydrogens is 349 g/mol. The Balaban J connectivity index is 2.23. The van der Waals surface area contributed by atoms with Gasteiger partial charge in [-0.2, -0.15) is 5.10 Å². The van der Waals surface area contributed by atoms with E-state index in [0.717, 1.165) is 0 Å². The molecule has 9 heteroatoms. The molecule has 1 aliphatic heterocycles. The standard InChI is InChI=1S/C18H28BN3O5/c1-16(2,3)25-15(24)20-11-12(10-13-8-9-14(23)22-21-13)19-26-17(4,5)18(6,7)27-19/h8-10H,11H2,1-7H3,(H,20,24)(H,22,23). The van der Waals surface area contributed by atoms with Crippen molar-refractivity contribution in [3.63, 3.8) is 0 Å². The predicted molar refractivity (Wildman–Crippen MR) is 103 cm³/mol. The number of amides is 1. The second-order valence-electron chi connectivity index (χ2n) is 8.51. The lowest BCUT2D eigenvalue weighted by Crippen LogP contribution is -2.41. The van der Waals surface area contributed by atoms with Gasteiger partial charge in [0.05, 0.1) is 16.9 Å². The summed E-state index contributed by atoms with van der Waals surface area (Å²) in [4.78, 5) is 23.2. The van der Waals surface area contributed by atoms with Crippen LogP contribution in [-0.2, 0) is 14.0 Å². The van der Waals surface area contributed by atoms with Crippen LogP contribution in [0.5, 0.6) is 0 Å². The minimum atomic E-state index is -0.668. The topological polar surface area (TPSA) is 103 Å². The first kappa shape index (κ1) is 21.2. The first-order valence-electron chi connectivity index (χ1n) is 8.88. The van der Waals surface area contributed by atoms with Crippen LogP contribution in [-0.4, -0.2) is 46.8 Å². The molecule has 148 valence electrons. The van der Waals surface area contributed by atoms with Gasteiger partial charge in [0.25, 0.3) is 5.56 Å². The third-order valence-corrected chi connectivity index (χ3v) is 4.43. The Labute approximate surface area is 159 Å². The van der Waals surface area contributed by atoms with Gasteiger partial charge in [-0.05, 0) is 66.1 Å². The van der Waals surface area contributed by atoms with Crippen LogP contribution >= 0.6 is 0 Å². The van der Waals surface area contributed by atoms with Crippen LogP contribution in [0.2, 0.25) is 0 Å². The summed E-state index contributed by atoms with van der Waals surface area (Å²) in [5, 5.41) is 9.07. The molecule has 0 aromatic carbocycles. The first-order valence-corrected chi connectivity index (χ1v) is 8.88. The Morgan fingerprint density at radius 2 is 1.85 bits per heavy atom. The van der Waals surface area contributed by atoms with Crippen molar-refractivity contribution < 1.29 is 18.8 Å². The SMILES string of the molecule is CC(C)(C)OC(=O)NCC(=Cc1ccc(=O)[nH]n1)B1OC(C)(C)C(C)(C)O1. The van der Waals surface area contributed by atoms with Crippen LogP contribution in [0.1, 0.15) is 54.2 Å². The van der Waals surface area contributed by atoms with Crippen LogP contribution in [0.3, 0.4) is 0 Å². The molecule has 27 heavy (non-hydrogen) atoms. The van der Waals surface area contributed by atoms with Crippen molar-refractivity contribution in [2.24, 2.45) is 0 Å². The lowest BCUT2D eigenvalue weighted by molar-refractivity contribution is 0.00578. The van der Waals surface area contributed by atoms with Crippen LogP contribution in [0.25, 0.3) is 6.08 Å². The van der Waals surface area contributed by atoms with Gasteiger partial charge in [0.1, 0.15) is 5.60 Å². The van der Waals surface area contributed by atoms with Crippen molar-refractivity contribution >= 4 is 19.3 Å². The van der Waals surface area contributed by atoms with E-state index in [1.807, 2.05) is 27.7 Å². The van der Waals surface area contributed by atoms with Crippen LogP contribution in [0.15, 0.2) is 22.4 Å². The fourth-order valence-corrected chi connectivity index (χ4v) is 2.31. The molecule has 1 saturated heterocycles. The lowest BCUT2D eigenvalue weighted by atomic mass is 9.77. The maximum atomic E-state index is 12.0. The Kier molecular flexibility index (Phi) is 5.87. The molecule has 1 aromatic rings. The number of carbonyl (C=O) groups is 1. The predicted octanol–water partition coefficient (Wildman–Crippen LogP) is 2.31. The molecule has 2 rings (SSSR count). The van der Waals surface area contributed by atoms with E-state index in [1.165, 1.54) is 6.07 Å². The Bertz CT molecular complexity index is 743. The van der Waals surface area contributed by atoms with Gasteiger partial charge in [-0.3, -0.25) is 4.79 Å². The quantitative estimate of drug-likeness (QED) is 0.781. The highest BCUT2D eigenvalue weighted by Crippen LogP contribution is 2.38. The Hall–Kier alpha value is -2.13. The van der Waals surface area contributed by atoms with Crippen LogP contribution in [0.4, 0.5) is 4.79 Å². The average Bonchev–Trinajstić information content (AvgIpc) is 2.72. The molecule has 1 amide bonds. The zero-order valence-corrected chi connectivity index (χ0v) is 17.0. The molecule has 2 heterocycles. The molecular formula is C18H28BN3O5. The highest BCUT2D eigenvalue weighted by atomic mass is 16.7. The molecule has 1 aliphatic rings. The highest BCUT2D eigenvalue weighted by Gasteiger charge is 2.52. The third-order valence-electron chi connectivity index (χ3n) is 4.43. The van der Waals surface area contributed by atoms with Gasteiger partial charge < -0.3 is 19.4 Å². The molecule has 8 nitrogen and oxygen atoms in total. The van der Waals surface area contributed by atoms with Gasteiger partial charge in [-0.15, -0.1) is 0 Å². The molecule has 1 aromatic heterocycles. The number of nitrogens with one attached hydrogen (secondary N) is 2. The van der Waals surface area contributed by atoms with Crippen molar-refractivity contribution in [2.75, 3.05) is 6.54 Å². The molecule has 0 spiro atoms. The van der Waals surface area contributed by atoms with Crippen molar-refractivity contribution in [3.05, 3.63) is 33.7 Å². The maximum Gasteiger partial charge on any atom is 0.492 e. The van der Waals surface area contributed by atoms with E-state index in [1.54, 1.807) is 32.9 Å². The number of rotatable bonds is 4. The van der Waals surface area contributed by atoms with Crippen LogP contribution in [0, 0.1) is 0 Å². The summed E-state index contributed by atoms with van der Waals surface area (Å²) < 4.78 is 17.4. The van der Waals surface area contributed by atoms with Crippen molar-refractivity contribution in [1.29, 1.82) is 0 Å². The van der Waals surface area contributed by atoms with Gasteiger partial charge in [-0.1, -0.05) is 0 Å². The van der Waals surface area contributed by atoms with E-state index in [0.29, 0.717) is 11.2 Å². The number of H-pyrrole nitrogens is 1. The van der Waals surface area contributed by atoms with Crippen LogP contribution < -0.4 is 10.9 Å². The smallest absolute Gasteiger partial charge is 0.444 e. The number of carbonyl (C=O) groups excluding carboxylic acids is 1. The molecule has 0 atom stereocenters. The lowest BCUT2D eigenvalue weighted by Gasteiger charge is -2.32.